The third kappa shape index (κ3) is 4.10. The van der Waals surface area contributed by atoms with Gasteiger partial charge in [-0.05, 0) is 18.4 Å². The molecule has 2 rings (SSSR count). The van der Waals surface area contributed by atoms with E-state index < -0.39 is 0 Å². The largest absolute Gasteiger partial charge is 0.468 e. The molecule has 1 aromatic carbocycles. The summed E-state index contributed by atoms with van der Waals surface area (Å²) in [6.45, 7) is 6.10. The Morgan fingerprint density at radius 3 is 2.55 bits per heavy atom. The number of aromatic nitrogens is 2. The number of rotatable bonds is 6. The Morgan fingerprint density at radius 2 is 1.95 bits per heavy atom. The van der Waals surface area contributed by atoms with Gasteiger partial charge in [0.1, 0.15) is 5.25 Å². The molecule has 1 heterocycles. The summed E-state index contributed by atoms with van der Waals surface area (Å²) in [6.07, 6.45) is 0. The number of methoxy groups -OCH3 is 1. The molecule has 5 nitrogen and oxygen atoms in total. The molecular formula is C16H20N2O3S. The number of hydrogen-bond acceptors (Lipinski definition) is 6. The molecule has 0 fully saturated rings. The zero-order valence-electron chi connectivity index (χ0n) is 13.2. The van der Waals surface area contributed by atoms with Gasteiger partial charge in [-0.15, -0.1) is 11.8 Å². The Morgan fingerprint density at radius 1 is 1.27 bits per heavy atom. The van der Waals surface area contributed by atoms with Gasteiger partial charge < -0.3 is 9.26 Å². The number of esters is 1. The number of ether oxygens (including phenoxy) is 1. The van der Waals surface area contributed by atoms with Crippen LogP contribution in [0, 0.1) is 0 Å². The molecule has 0 radical (unpaired) electrons. The highest BCUT2D eigenvalue weighted by molar-refractivity contribution is 7.99. The maximum Gasteiger partial charge on any atom is 0.318 e. The van der Waals surface area contributed by atoms with Gasteiger partial charge in [0.2, 0.25) is 11.7 Å². The molecule has 0 aliphatic rings. The number of thioether (sulfide) groups is 1. The fraction of sp³-hybridized carbons (Fsp3) is 0.438. The fourth-order valence-electron chi connectivity index (χ4n) is 1.88. The molecule has 0 saturated carbocycles. The lowest BCUT2D eigenvalue weighted by Gasteiger charge is -2.06. The van der Waals surface area contributed by atoms with Crippen molar-refractivity contribution in [3.8, 4) is 11.4 Å². The molecule has 22 heavy (non-hydrogen) atoms. The second kappa shape index (κ2) is 7.45. The molecule has 1 unspecified atom stereocenters. The van der Waals surface area contributed by atoms with Crippen LogP contribution in [0.1, 0.15) is 38.1 Å². The summed E-state index contributed by atoms with van der Waals surface area (Å²) in [5.41, 5.74) is 2.19. The monoisotopic (exact) mass is 320 g/mol. The topological polar surface area (TPSA) is 65.2 Å². The number of nitrogens with zero attached hydrogens (tertiary/aromatic N) is 2. The van der Waals surface area contributed by atoms with Crippen molar-refractivity contribution >= 4 is 17.7 Å². The smallest absolute Gasteiger partial charge is 0.318 e. The zero-order valence-corrected chi connectivity index (χ0v) is 14.0. The van der Waals surface area contributed by atoms with E-state index in [1.807, 2.05) is 12.1 Å². The summed E-state index contributed by atoms with van der Waals surface area (Å²) in [5, 5.41) is 3.73. The summed E-state index contributed by atoms with van der Waals surface area (Å²) < 4.78 is 9.91. The van der Waals surface area contributed by atoms with Crippen LogP contribution in [0.15, 0.2) is 28.8 Å². The van der Waals surface area contributed by atoms with Gasteiger partial charge in [0.25, 0.3) is 0 Å². The normalized spacial score (nSPS) is 12.4. The minimum absolute atomic E-state index is 0.256. The molecule has 118 valence electrons. The van der Waals surface area contributed by atoms with Crippen LogP contribution >= 0.6 is 11.8 Å². The van der Waals surface area contributed by atoms with Crippen LogP contribution in [0.3, 0.4) is 0 Å². The van der Waals surface area contributed by atoms with Crippen molar-refractivity contribution in [2.75, 3.05) is 7.11 Å². The first-order chi connectivity index (χ1) is 10.5. The van der Waals surface area contributed by atoms with E-state index in [2.05, 4.69) is 40.9 Å². The van der Waals surface area contributed by atoms with Gasteiger partial charge in [-0.25, -0.2) is 0 Å². The van der Waals surface area contributed by atoms with E-state index in [1.54, 1.807) is 6.92 Å². The first-order valence-electron chi connectivity index (χ1n) is 7.13. The third-order valence-corrected chi connectivity index (χ3v) is 4.40. The Hall–Kier alpha value is -1.82. The standard InChI is InChI=1S/C16H20N2O3S/c1-10(2)12-5-7-13(8-6-12)15-17-14(21-18-15)9-22-11(3)16(19)20-4/h5-8,10-11H,9H2,1-4H3. The number of benzene rings is 1. The molecule has 2 aromatic rings. The first kappa shape index (κ1) is 16.5. The Balaban J connectivity index is 2.00. The van der Waals surface area contributed by atoms with Crippen LogP contribution in [0.5, 0.6) is 0 Å². The summed E-state index contributed by atoms with van der Waals surface area (Å²) in [7, 11) is 1.38. The van der Waals surface area contributed by atoms with Crippen LogP contribution in [0.25, 0.3) is 11.4 Å². The minimum atomic E-state index is -0.259. The Labute approximate surface area is 134 Å². The van der Waals surface area contributed by atoms with Gasteiger partial charge in [0, 0.05) is 5.56 Å². The molecule has 0 bridgehead atoms. The van der Waals surface area contributed by atoms with Gasteiger partial charge in [0.05, 0.1) is 12.9 Å². The average Bonchev–Trinajstić information content (AvgIpc) is 3.00. The van der Waals surface area contributed by atoms with Gasteiger partial charge in [-0.1, -0.05) is 43.3 Å². The summed E-state index contributed by atoms with van der Waals surface area (Å²) in [5.74, 6) is 1.79. The van der Waals surface area contributed by atoms with E-state index in [0.29, 0.717) is 23.4 Å². The van der Waals surface area contributed by atoms with Crippen LogP contribution in [0.4, 0.5) is 0 Å². The van der Waals surface area contributed by atoms with Crippen molar-refractivity contribution in [3.63, 3.8) is 0 Å². The maximum atomic E-state index is 11.3. The second-order valence-corrected chi connectivity index (χ2v) is 6.59. The molecule has 0 N–H and O–H groups in total. The quantitative estimate of drug-likeness (QED) is 0.757. The van der Waals surface area contributed by atoms with E-state index in [4.69, 9.17) is 4.52 Å². The van der Waals surface area contributed by atoms with Crippen molar-refractivity contribution in [2.45, 2.75) is 37.7 Å². The van der Waals surface area contributed by atoms with Gasteiger partial charge in [-0.2, -0.15) is 4.98 Å². The highest BCUT2D eigenvalue weighted by atomic mass is 32.2. The molecule has 0 aliphatic heterocycles. The number of hydrogen-bond donors (Lipinski definition) is 0. The van der Waals surface area contributed by atoms with E-state index in [-0.39, 0.29) is 11.2 Å². The van der Waals surface area contributed by atoms with E-state index in [1.165, 1.54) is 24.4 Å². The summed E-state index contributed by atoms with van der Waals surface area (Å²) in [6, 6.07) is 8.14. The van der Waals surface area contributed by atoms with Crippen molar-refractivity contribution in [3.05, 3.63) is 35.7 Å². The fourth-order valence-corrected chi connectivity index (χ4v) is 2.62. The van der Waals surface area contributed by atoms with E-state index in [0.717, 1.165) is 5.56 Å². The third-order valence-electron chi connectivity index (χ3n) is 3.29. The molecule has 6 heteroatoms. The van der Waals surface area contributed by atoms with Gasteiger partial charge >= 0.3 is 5.97 Å². The highest BCUT2D eigenvalue weighted by Crippen LogP contribution is 2.22. The molecule has 1 aromatic heterocycles. The van der Waals surface area contributed by atoms with Crippen LogP contribution in [-0.2, 0) is 15.3 Å². The molecule has 0 amide bonds. The van der Waals surface area contributed by atoms with Gasteiger partial charge in [-0.3, -0.25) is 4.79 Å². The lowest BCUT2D eigenvalue weighted by Crippen LogP contribution is -2.14. The Bertz CT molecular complexity index is 623. The molecule has 0 spiro atoms. The van der Waals surface area contributed by atoms with E-state index >= 15 is 0 Å². The lowest BCUT2D eigenvalue weighted by molar-refractivity contribution is -0.139. The van der Waals surface area contributed by atoms with Crippen molar-refractivity contribution in [2.24, 2.45) is 0 Å². The van der Waals surface area contributed by atoms with Crippen molar-refractivity contribution in [1.29, 1.82) is 0 Å². The molecule has 0 saturated heterocycles. The first-order valence-corrected chi connectivity index (χ1v) is 8.18. The summed E-state index contributed by atoms with van der Waals surface area (Å²) in [4.78, 5) is 15.7. The van der Waals surface area contributed by atoms with Crippen molar-refractivity contribution < 1.29 is 14.1 Å². The molecule has 0 aliphatic carbocycles. The predicted octanol–water partition coefficient (Wildman–Crippen LogP) is 3.65. The Kier molecular flexibility index (Phi) is 5.60. The second-order valence-electron chi connectivity index (χ2n) is 5.26. The van der Waals surface area contributed by atoms with Crippen LogP contribution in [-0.4, -0.2) is 28.5 Å². The van der Waals surface area contributed by atoms with Crippen LogP contribution < -0.4 is 0 Å². The SMILES string of the molecule is COC(=O)C(C)SCc1nc(-c2ccc(C(C)C)cc2)no1. The maximum absolute atomic E-state index is 11.3. The number of carbonyl (C=O) groups excluding carboxylic acids is 1. The lowest BCUT2D eigenvalue weighted by atomic mass is 10.0. The minimum Gasteiger partial charge on any atom is -0.468 e. The molecule has 1 atom stereocenters. The highest BCUT2D eigenvalue weighted by Gasteiger charge is 2.16. The number of carbonyl (C=O) groups is 1. The van der Waals surface area contributed by atoms with Gasteiger partial charge in [0.15, 0.2) is 0 Å². The average molecular weight is 320 g/mol. The van der Waals surface area contributed by atoms with E-state index in [9.17, 15) is 4.79 Å². The molecular weight excluding hydrogens is 300 g/mol. The predicted molar refractivity (Wildman–Crippen MR) is 86.6 cm³/mol. The summed E-state index contributed by atoms with van der Waals surface area (Å²) >= 11 is 1.41. The van der Waals surface area contributed by atoms with Crippen molar-refractivity contribution in [1.82, 2.24) is 10.1 Å². The zero-order chi connectivity index (χ0) is 16.1. The van der Waals surface area contributed by atoms with Crippen LogP contribution in [0.2, 0.25) is 0 Å².